The van der Waals surface area contributed by atoms with E-state index in [0.717, 1.165) is 16.0 Å². The van der Waals surface area contributed by atoms with Crippen molar-refractivity contribution < 1.29 is 0 Å². The van der Waals surface area contributed by atoms with E-state index in [4.69, 9.17) is 11.6 Å². The molecular weight excluding hydrogens is 286 g/mol. The number of halogens is 1. The summed E-state index contributed by atoms with van der Waals surface area (Å²) in [6.07, 6.45) is 0. The van der Waals surface area contributed by atoms with Gasteiger partial charge in [-0.2, -0.15) is 5.26 Å². The summed E-state index contributed by atoms with van der Waals surface area (Å²) in [6.45, 7) is 6.44. The maximum Gasteiger partial charge on any atom is 0.102 e. The van der Waals surface area contributed by atoms with Crippen molar-refractivity contribution in [2.45, 2.75) is 26.2 Å². The van der Waals surface area contributed by atoms with Gasteiger partial charge in [0.15, 0.2) is 0 Å². The molecule has 0 aliphatic heterocycles. The number of hydrogen-bond donors (Lipinski definition) is 0. The van der Waals surface area contributed by atoms with Gasteiger partial charge in [-0.1, -0.05) is 62.7 Å². The van der Waals surface area contributed by atoms with Crippen LogP contribution in [0.3, 0.4) is 0 Å². The average molecular weight is 302 g/mol. The Kier molecular flexibility index (Phi) is 4.32. The standard InChI is InChI=1S/C17H16ClNS/c1-17(2,3)14-8-5-4-7-12(14)16(18)13(11-19)15-9-6-10-20-15/h4-10H,1-3H3/b16-13+. The fourth-order valence-electron chi connectivity index (χ4n) is 2.10. The largest absolute Gasteiger partial charge is 0.192 e. The molecule has 2 rings (SSSR count). The molecule has 0 N–H and O–H groups in total. The van der Waals surface area contributed by atoms with Crippen LogP contribution in [0, 0.1) is 11.3 Å². The molecule has 0 aliphatic rings. The molecule has 0 amide bonds. The maximum absolute atomic E-state index is 9.44. The Hall–Kier alpha value is -1.56. The molecule has 0 radical (unpaired) electrons. The Balaban J connectivity index is 2.65. The molecule has 0 fully saturated rings. The van der Waals surface area contributed by atoms with Crippen LogP contribution < -0.4 is 0 Å². The third-order valence-corrected chi connectivity index (χ3v) is 4.35. The molecule has 0 bridgehead atoms. The van der Waals surface area contributed by atoms with Crippen LogP contribution in [-0.2, 0) is 5.41 Å². The van der Waals surface area contributed by atoms with E-state index >= 15 is 0 Å². The third kappa shape index (κ3) is 2.95. The van der Waals surface area contributed by atoms with Crippen molar-refractivity contribution in [2.24, 2.45) is 0 Å². The van der Waals surface area contributed by atoms with Gasteiger partial charge in [0.1, 0.15) is 6.07 Å². The summed E-state index contributed by atoms with van der Waals surface area (Å²) in [5.74, 6) is 0. The minimum atomic E-state index is -0.0211. The number of nitrogens with zero attached hydrogens (tertiary/aromatic N) is 1. The van der Waals surface area contributed by atoms with E-state index in [2.05, 4.69) is 32.9 Å². The Morgan fingerprint density at radius 1 is 1.15 bits per heavy atom. The first kappa shape index (κ1) is 14.8. The highest BCUT2D eigenvalue weighted by Crippen LogP contribution is 2.37. The molecule has 0 spiro atoms. The second-order valence-electron chi connectivity index (χ2n) is 5.57. The van der Waals surface area contributed by atoms with Gasteiger partial charge in [0.05, 0.1) is 10.6 Å². The molecule has 1 nitrogen and oxygen atoms in total. The van der Waals surface area contributed by atoms with Crippen LogP contribution in [0.5, 0.6) is 0 Å². The van der Waals surface area contributed by atoms with Crippen molar-refractivity contribution in [3.63, 3.8) is 0 Å². The van der Waals surface area contributed by atoms with Gasteiger partial charge in [0.25, 0.3) is 0 Å². The van der Waals surface area contributed by atoms with Crippen molar-refractivity contribution in [3.8, 4) is 6.07 Å². The lowest BCUT2D eigenvalue weighted by atomic mass is 9.83. The van der Waals surface area contributed by atoms with Crippen LogP contribution in [-0.4, -0.2) is 0 Å². The van der Waals surface area contributed by atoms with Gasteiger partial charge in [-0.05, 0) is 28.0 Å². The molecular formula is C17H16ClNS. The summed E-state index contributed by atoms with van der Waals surface area (Å²) < 4.78 is 0. The number of benzene rings is 1. The number of nitriles is 1. The zero-order valence-electron chi connectivity index (χ0n) is 11.8. The Morgan fingerprint density at radius 3 is 2.40 bits per heavy atom. The van der Waals surface area contributed by atoms with Crippen LogP contribution in [0.2, 0.25) is 0 Å². The summed E-state index contributed by atoms with van der Waals surface area (Å²) >= 11 is 8.07. The van der Waals surface area contributed by atoms with Crippen molar-refractivity contribution in [1.82, 2.24) is 0 Å². The minimum absolute atomic E-state index is 0.0211. The highest BCUT2D eigenvalue weighted by molar-refractivity contribution is 7.11. The molecule has 0 saturated carbocycles. The zero-order chi connectivity index (χ0) is 14.8. The second kappa shape index (κ2) is 5.83. The van der Waals surface area contributed by atoms with Crippen molar-refractivity contribution in [1.29, 1.82) is 5.26 Å². The molecule has 0 saturated heterocycles. The van der Waals surface area contributed by atoms with E-state index in [0.29, 0.717) is 10.6 Å². The molecule has 102 valence electrons. The van der Waals surface area contributed by atoms with Gasteiger partial charge >= 0.3 is 0 Å². The molecule has 0 atom stereocenters. The molecule has 1 heterocycles. The monoisotopic (exact) mass is 301 g/mol. The summed E-state index contributed by atoms with van der Waals surface area (Å²) in [7, 11) is 0. The average Bonchev–Trinajstić information content (AvgIpc) is 2.92. The fraction of sp³-hybridized carbons (Fsp3) is 0.235. The topological polar surface area (TPSA) is 23.8 Å². The lowest BCUT2D eigenvalue weighted by molar-refractivity contribution is 0.589. The van der Waals surface area contributed by atoms with Crippen LogP contribution in [0.25, 0.3) is 10.6 Å². The second-order valence-corrected chi connectivity index (χ2v) is 6.90. The van der Waals surface area contributed by atoms with Crippen molar-refractivity contribution in [2.75, 3.05) is 0 Å². The van der Waals surface area contributed by atoms with E-state index in [1.165, 1.54) is 11.3 Å². The van der Waals surface area contributed by atoms with E-state index in [1.807, 2.05) is 35.7 Å². The van der Waals surface area contributed by atoms with Crippen LogP contribution >= 0.6 is 22.9 Å². The van der Waals surface area contributed by atoms with Gasteiger partial charge in [-0.15, -0.1) is 11.3 Å². The van der Waals surface area contributed by atoms with Crippen molar-refractivity contribution >= 4 is 33.5 Å². The smallest absolute Gasteiger partial charge is 0.102 e. The number of hydrogen-bond acceptors (Lipinski definition) is 2. The number of allylic oxidation sites excluding steroid dienone is 1. The lowest BCUT2D eigenvalue weighted by Gasteiger charge is -2.23. The molecule has 1 aromatic carbocycles. The summed E-state index contributed by atoms with van der Waals surface area (Å²) in [6, 6.07) is 14.1. The summed E-state index contributed by atoms with van der Waals surface area (Å²) in [5, 5.41) is 11.9. The normalized spacial score (nSPS) is 12.8. The van der Waals surface area contributed by atoms with Crippen LogP contribution in [0.4, 0.5) is 0 Å². The number of thiophene rings is 1. The lowest BCUT2D eigenvalue weighted by Crippen LogP contribution is -2.13. The van der Waals surface area contributed by atoms with Gasteiger partial charge in [-0.3, -0.25) is 0 Å². The first-order chi connectivity index (χ1) is 9.45. The Labute approximate surface area is 129 Å². The molecule has 0 unspecified atom stereocenters. The summed E-state index contributed by atoms with van der Waals surface area (Å²) in [5.41, 5.74) is 2.60. The molecule has 3 heteroatoms. The minimum Gasteiger partial charge on any atom is -0.192 e. The Bertz CT molecular complexity index is 670. The SMILES string of the molecule is CC(C)(C)c1ccccc1/C(Cl)=C(/C#N)c1cccs1. The highest BCUT2D eigenvalue weighted by Gasteiger charge is 2.21. The fourth-order valence-corrected chi connectivity index (χ4v) is 3.19. The van der Waals surface area contributed by atoms with Crippen LogP contribution in [0.15, 0.2) is 41.8 Å². The predicted molar refractivity (Wildman–Crippen MR) is 87.7 cm³/mol. The highest BCUT2D eigenvalue weighted by atomic mass is 35.5. The third-order valence-electron chi connectivity index (χ3n) is 3.07. The van der Waals surface area contributed by atoms with Gasteiger partial charge in [0, 0.05) is 4.88 Å². The van der Waals surface area contributed by atoms with Gasteiger partial charge in [0.2, 0.25) is 0 Å². The molecule has 0 aliphatic carbocycles. The van der Waals surface area contributed by atoms with Crippen LogP contribution in [0.1, 0.15) is 36.8 Å². The zero-order valence-corrected chi connectivity index (χ0v) is 13.3. The molecule has 2 aromatic rings. The molecule has 1 aromatic heterocycles. The van der Waals surface area contributed by atoms with E-state index in [-0.39, 0.29) is 5.41 Å². The first-order valence-electron chi connectivity index (χ1n) is 6.39. The first-order valence-corrected chi connectivity index (χ1v) is 7.64. The molecule has 20 heavy (non-hydrogen) atoms. The van der Waals surface area contributed by atoms with E-state index < -0.39 is 0 Å². The van der Waals surface area contributed by atoms with E-state index in [9.17, 15) is 5.26 Å². The van der Waals surface area contributed by atoms with Gasteiger partial charge in [-0.25, -0.2) is 0 Å². The summed E-state index contributed by atoms with van der Waals surface area (Å²) in [4.78, 5) is 0.904. The van der Waals surface area contributed by atoms with Gasteiger partial charge < -0.3 is 0 Å². The predicted octanol–water partition coefficient (Wildman–Crippen LogP) is 5.68. The Morgan fingerprint density at radius 2 is 1.85 bits per heavy atom. The number of rotatable bonds is 2. The quantitative estimate of drug-likeness (QED) is 0.655. The van der Waals surface area contributed by atoms with E-state index in [1.54, 1.807) is 0 Å². The van der Waals surface area contributed by atoms with Crippen molar-refractivity contribution in [3.05, 3.63) is 57.8 Å². The maximum atomic E-state index is 9.44.